The average Bonchev–Trinajstić information content (AvgIpc) is 3.37. The first-order chi connectivity index (χ1) is 15.8. The molecule has 2 heterocycles. The Labute approximate surface area is 199 Å². The van der Waals surface area contributed by atoms with E-state index in [9.17, 15) is 9.18 Å². The number of carbonyl (C=O) groups is 1. The maximum absolute atomic E-state index is 14.1. The lowest BCUT2D eigenvalue weighted by Gasteiger charge is -2.08. The molecule has 0 aliphatic carbocycles. The first-order valence-electron chi connectivity index (χ1n) is 10.1. The monoisotopic (exact) mass is 487 g/mol. The number of nitrogens with zero attached hydrogens (tertiary/aromatic N) is 2. The van der Waals surface area contributed by atoms with E-state index in [0.717, 1.165) is 11.3 Å². The number of rotatable bonds is 7. The first kappa shape index (κ1) is 22.9. The van der Waals surface area contributed by atoms with Gasteiger partial charge in [0, 0.05) is 27.4 Å². The number of halogens is 3. The van der Waals surface area contributed by atoms with E-state index in [-0.39, 0.29) is 18.9 Å². The highest BCUT2D eigenvalue weighted by Gasteiger charge is 2.16. The summed E-state index contributed by atoms with van der Waals surface area (Å²) in [6.45, 7) is 3.99. The van der Waals surface area contributed by atoms with Gasteiger partial charge in [0.1, 0.15) is 23.9 Å². The topological polar surface area (TPSA) is 69.3 Å². The van der Waals surface area contributed by atoms with E-state index < -0.39 is 11.7 Å². The lowest BCUT2D eigenvalue weighted by atomic mass is 10.2. The molecule has 0 spiro atoms. The van der Waals surface area contributed by atoms with Gasteiger partial charge in [0.2, 0.25) is 0 Å². The summed E-state index contributed by atoms with van der Waals surface area (Å²) in [5.41, 5.74) is 1.96. The SMILES string of the molecule is Cc1cc(Cl)ccc1OCc1ccc(C(=O)Nc2cc(C)n(Cc3c(F)cccc3Cl)n2)o1. The third-order valence-electron chi connectivity index (χ3n) is 4.98. The number of hydrogen-bond acceptors (Lipinski definition) is 4. The third kappa shape index (κ3) is 5.38. The van der Waals surface area contributed by atoms with Crippen LogP contribution in [0.4, 0.5) is 10.2 Å². The molecule has 9 heteroatoms. The maximum Gasteiger partial charge on any atom is 0.292 e. The van der Waals surface area contributed by atoms with E-state index in [1.807, 2.05) is 6.92 Å². The van der Waals surface area contributed by atoms with Crippen molar-refractivity contribution in [3.63, 3.8) is 0 Å². The third-order valence-corrected chi connectivity index (χ3v) is 5.57. The van der Waals surface area contributed by atoms with Crippen LogP contribution in [0.3, 0.4) is 0 Å². The second-order valence-corrected chi connectivity index (χ2v) is 8.29. The molecule has 0 fully saturated rings. The summed E-state index contributed by atoms with van der Waals surface area (Å²) in [6, 6.07) is 14.7. The highest BCUT2D eigenvalue weighted by Crippen LogP contribution is 2.24. The maximum atomic E-state index is 14.1. The molecule has 33 heavy (non-hydrogen) atoms. The molecule has 0 radical (unpaired) electrons. The minimum atomic E-state index is -0.461. The van der Waals surface area contributed by atoms with Gasteiger partial charge in [-0.2, -0.15) is 5.10 Å². The molecule has 0 bridgehead atoms. The van der Waals surface area contributed by atoms with E-state index in [2.05, 4.69) is 10.4 Å². The molecule has 0 atom stereocenters. The van der Waals surface area contributed by atoms with Crippen LogP contribution in [0.25, 0.3) is 0 Å². The van der Waals surface area contributed by atoms with Crippen molar-refractivity contribution in [2.45, 2.75) is 27.0 Å². The average molecular weight is 488 g/mol. The molecule has 0 aliphatic rings. The molecule has 2 aromatic carbocycles. The van der Waals surface area contributed by atoms with E-state index in [1.54, 1.807) is 60.1 Å². The zero-order chi connectivity index (χ0) is 23.5. The second kappa shape index (κ2) is 9.68. The van der Waals surface area contributed by atoms with Gasteiger partial charge in [-0.05, 0) is 61.9 Å². The number of ether oxygens (including phenoxy) is 1. The van der Waals surface area contributed by atoms with Gasteiger partial charge in [-0.25, -0.2) is 4.39 Å². The highest BCUT2D eigenvalue weighted by atomic mass is 35.5. The van der Waals surface area contributed by atoms with Crippen LogP contribution in [0, 0.1) is 19.7 Å². The zero-order valence-electron chi connectivity index (χ0n) is 17.9. The predicted octanol–water partition coefficient (Wildman–Crippen LogP) is 6.42. The minimum absolute atomic E-state index is 0.116. The molecule has 170 valence electrons. The van der Waals surface area contributed by atoms with Crippen molar-refractivity contribution >= 4 is 34.9 Å². The Morgan fingerprint density at radius 2 is 1.97 bits per heavy atom. The smallest absolute Gasteiger partial charge is 0.292 e. The predicted molar refractivity (Wildman–Crippen MR) is 125 cm³/mol. The minimum Gasteiger partial charge on any atom is -0.485 e. The van der Waals surface area contributed by atoms with Gasteiger partial charge in [0.25, 0.3) is 5.91 Å². The largest absolute Gasteiger partial charge is 0.485 e. The zero-order valence-corrected chi connectivity index (χ0v) is 19.4. The molecule has 2 aromatic heterocycles. The van der Waals surface area contributed by atoms with E-state index in [1.165, 1.54) is 6.07 Å². The Bertz CT molecular complexity index is 1300. The molecule has 0 aliphatic heterocycles. The molecular formula is C24H20Cl2FN3O3. The quantitative estimate of drug-likeness (QED) is 0.326. The van der Waals surface area contributed by atoms with Crippen molar-refractivity contribution in [1.82, 2.24) is 9.78 Å². The van der Waals surface area contributed by atoms with Crippen molar-refractivity contribution < 1.29 is 18.3 Å². The van der Waals surface area contributed by atoms with Gasteiger partial charge in [0.05, 0.1) is 6.54 Å². The van der Waals surface area contributed by atoms with Crippen molar-refractivity contribution in [1.29, 1.82) is 0 Å². The molecule has 1 N–H and O–H groups in total. The lowest BCUT2D eigenvalue weighted by Crippen LogP contribution is -2.12. The van der Waals surface area contributed by atoms with Crippen molar-refractivity contribution in [3.8, 4) is 5.75 Å². The van der Waals surface area contributed by atoms with Gasteiger partial charge in [-0.15, -0.1) is 0 Å². The van der Waals surface area contributed by atoms with Crippen LogP contribution in [0.2, 0.25) is 10.0 Å². The van der Waals surface area contributed by atoms with Gasteiger partial charge in [-0.3, -0.25) is 9.48 Å². The van der Waals surface area contributed by atoms with Gasteiger partial charge < -0.3 is 14.5 Å². The second-order valence-electron chi connectivity index (χ2n) is 7.45. The Balaban J connectivity index is 1.40. The first-order valence-corrected chi connectivity index (χ1v) is 10.8. The Hall–Kier alpha value is -3.29. The molecule has 6 nitrogen and oxygen atoms in total. The van der Waals surface area contributed by atoms with Crippen LogP contribution < -0.4 is 10.1 Å². The van der Waals surface area contributed by atoms with Crippen LogP contribution in [0.1, 0.15) is 33.1 Å². The summed E-state index contributed by atoms with van der Waals surface area (Å²) in [4.78, 5) is 12.6. The highest BCUT2D eigenvalue weighted by molar-refractivity contribution is 6.31. The molecule has 0 unspecified atom stereocenters. The fourth-order valence-corrected chi connectivity index (χ4v) is 3.69. The summed E-state index contributed by atoms with van der Waals surface area (Å²) in [5.74, 6) is 0.726. The number of nitrogens with one attached hydrogen (secondary N) is 1. The number of benzene rings is 2. The Morgan fingerprint density at radius 1 is 1.15 bits per heavy atom. The Kier molecular flexibility index (Phi) is 6.72. The van der Waals surface area contributed by atoms with Crippen LogP contribution in [0.15, 0.2) is 59.0 Å². The van der Waals surface area contributed by atoms with Crippen molar-refractivity contribution in [3.05, 3.63) is 98.8 Å². The molecule has 4 aromatic rings. The summed E-state index contributed by atoms with van der Waals surface area (Å²) in [5, 5.41) is 7.97. The van der Waals surface area contributed by atoms with Crippen LogP contribution in [-0.2, 0) is 13.2 Å². The van der Waals surface area contributed by atoms with Gasteiger partial charge in [-0.1, -0.05) is 29.3 Å². The van der Waals surface area contributed by atoms with E-state index in [4.69, 9.17) is 32.4 Å². The normalized spacial score (nSPS) is 10.9. The number of amides is 1. The van der Waals surface area contributed by atoms with Gasteiger partial charge in [0.15, 0.2) is 11.6 Å². The van der Waals surface area contributed by atoms with Crippen LogP contribution >= 0.6 is 23.2 Å². The number of aryl methyl sites for hydroxylation is 2. The number of aromatic nitrogens is 2. The van der Waals surface area contributed by atoms with Gasteiger partial charge >= 0.3 is 0 Å². The number of carbonyl (C=O) groups excluding carboxylic acids is 1. The Morgan fingerprint density at radius 3 is 2.73 bits per heavy atom. The fraction of sp³-hybridized carbons (Fsp3) is 0.167. The van der Waals surface area contributed by atoms with E-state index in [0.29, 0.717) is 32.9 Å². The van der Waals surface area contributed by atoms with Crippen LogP contribution in [0.5, 0.6) is 5.75 Å². The molecule has 4 rings (SSSR count). The summed E-state index contributed by atoms with van der Waals surface area (Å²) >= 11 is 12.1. The molecule has 1 amide bonds. The molecule has 0 saturated carbocycles. The fourth-order valence-electron chi connectivity index (χ4n) is 3.24. The molecular weight excluding hydrogens is 468 g/mol. The van der Waals surface area contributed by atoms with E-state index >= 15 is 0 Å². The lowest BCUT2D eigenvalue weighted by molar-refractivity contribution is 0.0992. The summed E-state index contributed by atoms with van der Waals surface area (Å²) in [7, 11) is 0. The van der Waals surface area contributed by atoms with Crippen LogP contribution in [-0.4, -0.2) is 15.7 Å². The van der Waals surface area contributed by atoms with Crippen molar-refractivity contribution in [2.75, 3.05) is 5.32 Å². The number of anilines is 1. The summed E-state index contributed by atoms with van der Waals surface area (Å²) < 4.78 is 27.0. The number of hydrogen-bond donors (Lipinski definition) is 1. The number of furan rings is 1. The van der Waals surface area contributed by atoms with Crippen molar-refractivity contribution in [2.24, 2.45) is 0 Å². The standard InChI is InChI=1S/C24H20Cl2FN3O3/c1-14-10-16(25)6-8-21(14)32-13-17-7-9-22(33-17)24(31)28-23-11-15(2)30(29-23)12-18-19(26)4-3-5-20(18)27/h3-11H,12-13H2,1-2H3,(H,28,29,31). The molecule has 0 saturated heterocycles. The summed E-state index contributed by atoms with van der Waals surface area (Å²) in [6.07, 6.45) is 0.